The second-order valence-corrected chi connectivity index (χ2v) is 4.79. The van der Waals surface area contributed by atoms with Gasteiger partial charge >= 0.3 is 0 Å². The van der Waals surface area contributed by atoms with Crippen molar-refractivity contribution in [1.82, 2.24) is 10.2 Å². The van der Waals surface area contributed by atoms with E-state index >= 15 is 0 Å². The van der Waals surface area contributed by atoms with Gasteiger partial charge in [-0.15, -0.1) is 0 Å². The molecule has 0 amide bonds. The van der Waals surface area contributed by atoms with E-state index in [1.54, 1.807) is 0 Å². The van der Waals surface area contributed by atoms with Crippen LogP contribution in [0.3, 0.4) is 0 Å². The topological polar surface area (TPSA) is 24.5 Å². The normalized spacial score (nSPS) is 32.0. The SMILES string of the molecule is CCC1CCNC2(CCN(CC)CC2)O1. The highest BCUT2D eigenvalue weighted by Gasteiger charge is 2.38. The first-order valence-electron chi connectivity index (χ1n) is 6.43. The van der Waals surface area contributed by atoms with Gasteiger partial charge in [0.25, 0.3) is 0 Å². The second kappa shape index (κ2) is 4.81. The highest BCUT2D eigenvalue weighted by Crippen LogP contribution is 2.29. The van der Waals surface area contributed by atoms with E-state index in [4.69, 9.17) is 4.74 Å². The second-order valence-electron chi connectivity index (χ2n) is 4.79. The highest BCUT2D eigenvalue weighted by molar-refractivity contribution is 4.89. The van der Waals surface area contributed by atoms with Crippen molar-refractivity contribution in [1.29, 1.82) is 0 Å². The molecule has 3 heteroatoms. The molecule has 2 aliphatic heterocycles. The Labute approximate surface area is 93.2 Å². The number of hydrogen-bond acceptors (Lipinski definition) is 3. The van der Waals surface area contributed by atoms with Crippen LogP contribution >= 0.6 is 0 Å². The van der Waals surface area contributed by atoms with Crippen molar-refractivity contribution in [3.63, 3.8) is 0 Å². The van der Waals surface area contributed by atoms with Gasteiger partial charge in [-0.05, 0) is 19.4 Å². The Bertz CT molecular complexity index is 200. The maximum Gasteiger partial charge on any atom is 0.122 e. The summed E-state index contributed by atoms with van der Waals surface area (Å²) in [6.45, 7) is 9.13. The van der Waals surface area contributed by atoms with Gasteiger partial charge in [-0.2, -0.15) is 0 Å². The minimum Gasteiger partial charge on any atom is -0.357 e. The summed E-state index contributed by atoms with van der Waals surface area (Å²) in [7, 11) is 0. The molecule has 1 spiro atoms. The van der Waals surface area contributed by atoms with E-state index in [2.05, 4.69) is 24.1 Å². The molecule has 1 atom stereocenters. The molecule has 0 aromatic carbocycles. The first kappa shape index (κ1) is 11.4. The standard InChI is InChI=1S/C12H24N2O/c1-3-11-5-8-13-12(15-11)6-9-14(4-2)10-7-12/h11,13H,3-10H2,1-2H3. The van der Waals surface area contributed by atoms with E-state index in [1.165, 1.54) is 26.1 Å². The van der Waals surface area contributed by atoms with Crippen LogP contribution in [0.4, 0.5) is 0 Å². The Balaban J connectivity index is 1.90. The van der Waals surface area contributed by atoms with Gasteiger partial charge in [0.2, 0.25) is 0 Å². The predicted octanol–water partition coefficient (Wildman–Crippen LogP) is 1.59. The Morgan fingerprint density at radius 1 is 1.33 bits per heavy atom. The quantitative estimate of drug-likeness (QED) is 0.752. The van der Waals surface area contributed by atoms with Gasteiger partial charge in [0.05, 0.1) is 6.10 Å². The Morgan fingerprint density at radius 2 is 2.07 bits per heavy atom. The average Bonchev–Trinajstić information content (AvgIpc) is 2.30. The Hall–Kier alpha value is -0.120. The first-order chi connectivity index (χ1) is 7.28. The molecule has 0 aromatic rings. The van der Waals surface area contributed by atoms with E-state index < -0.39 is 0 Å². The summed E-state index contributed by atoms with van der Waals surface area (Å²) in [5, 5.41) is 3.59. The van der Waals surface area contributed by atoms with Crippen LogP contribution in [0.5, 0.6) is 0 Å². The Kier molecular flexibility index (Phi) is 3.65. The van der Waals surface area contributed by atoms with Crippen molar-refractivity contribution in [3.8, 4) is 0 Å². The lowest BCUT2D eigenvalue weighted by Crippen LogP contribution is -2.59. The fourth-order valence-corrected chi connectivity index (χ4v) is 2.69. The van der Waals surface area contributed by atoms with Gasteiger partial charge in [0.15, 0.2) is 0 Å². The molecule has 1 unspecified atom stereocenters. The van der Waals surface area contributed by atoms with Crippen molar-refractivity contribution in [2.24, 2.45) is 0 Å². The molecule has 2 aliphatic rings. The third kappa shape index (κ3) is 2.52. The van der Waals surface area contributed by atoms with Crippen molar-refractivity contribution >= 4 is 0 Å². The summed E-state index contributed by atoms with van der Waals surface area (Å²) in [5.41, 5.74) is 0.0184. The summed E-state index contributed by atoms with van der Waals surface area (Å²) in [6, 6.07) is 0. The monoisotopic (exact) mass is 212 g/mol. The zero-order valence-corrected chi connectivity index (χ0v) is 10.1. The van der Waals surface area contributed by atoms with E-state index in [9.17, 15) is 0 Å². The zero-order valence-electron chi connectivity index (χ0n) is 10.1. The van der Waals surface area contributed by atoms with E-state index in [-0.39, 0.29) is 5.72 Å². The molecule has 1 N–H and O–H groups in total. The molecule has 88 valence electrons. The largest absolute Gasteiger partial charge is 0.357 e. The minimum atomic E-state index is 0.0184. The van der Waals surface area contributed by atoms with Crippen LogP contribution in [0, 0.1) is 0 Å². The number of likely N-dealkylation sites (tertiary alicyclic amines) is 1. The third-order valence-corrected chi connectivity index (χ3v) is 3.87. The summed E-state index contributed by atoms with van der Waals surface area (Å²) in [6.07, 6.45) is 5.12. The molecular formula is C12H24N2O. The van der Waals surface area contributed by atoms with Crippen molar-refractivity contribution in [2.75, 3.05) is 26.2 Å². The number of nitrogens with zero attached hydrogens (tertiary/aromatic N) is 1. The van der Waals surface area contributed by atoms with Gasteiger partial charge in [0.1, 0.15) is 5.72 Å². The number of ether oxygens (including phenoxy) is 1. The Morgan fingerprint density at radius 3 is 2.67 bits per heavy atom. The van der Waals surface area contributed by atoms with Crippen LogP contribution in [0.15, 0.2) is 0 Å². The summed E-state index contributed by atoms with van der Waals surface area (Å²) in [4.78, 5) is 2.51. The van der Waals surface area contributed by atoms with Crippen LogP contribution in [0.1, 0.15) is 39.5 Å². The lowest BCUT2D eigenvalue weighted by Gasteiger charge is -2.46. The molecule has 0 aromatic heterocycles. The predicted molar refractivity (Wildman–Crippen MR) is 61.9 cm³/mol. The molecule has 0 bridgehead atoms. The number of rotatable bonds is 2. The van der Waals surface area contributed by atoms with Crippen molar-refractivity contribution < 1.29 is 4.74 Å². The van der Waals surface area contributed by atoms with Crippen molar-refractivity contribution in [2.45, 2.75) is 51.4 Å². The molecule has 3 nitrogen and oxygen atoms in total. The van der Waals surface area contributed by atoms with E-state index in [1.807, 2.05) is 0 Å². The van der Waals surface area contributed by atoms with Gasteiger partial charge in [-0.3, -0.25) is 5.32 Å². The smallest absolute Gasteiger partial charge is 0.122 e. The number of piperidine rings is 1. The van der Waals surface area contributed by atoms with Gasteiger partial charge in [-0.25, -0.2) is 0 Å². The molecule has 2 saturated heterocycles. The summed E-state index contributed by atoms with van der Waals surface area (Å²) < 4.78 is 6.22. The lowest BCUT2D eigenvalue weighted by atomic mass is 9.97. The van der Waals surface area contributed by atoms with Gasteiger partial charge in [-0.1, -0.05) is 13.8 Å². The number of nitrogens with one attached hydrogen (secondary N) is 1. The minimum absolute atomic E-state index is 0.0184. The summed E-state index contributed by atoms with van der Waals surface area (Å²) >= 11 is 0. The fraction of sp³-hybridized carbons (Fsp3) is 1.00. The first-order valence-corrected chi connectivity index (χ1v) is 6.43. The van der Waals surface area contributed by atoms with Crippen molar-refractivity contribution in [3.05, 3.63) is 0 Å². The van der Waals surface area contributed by atoms with Gasteiger partial charge in [0, 0.05) is 32.5 Å². The van der Waals surface area contributed by atoms with E-state index in [0.717, 1.165) is 25.8 Å². The molecular weight excluding hydrogens is 188 g/mol. The van der Waals surface area contributed by atoms with Crippen LogP contribution in [-0.2, 0) is 4.74 Å². The maximum absolute atomic E-state index is 6.22. The summed E-state index contributed by atoms with van der Waals surface area (Å²) in [5.74, 6) is 0. The molecule has 0 radical (unpaired) electrons. The third-order valence-electron chi connectivity index (χ3n) is 3.87. The van der Waals surface area contributed by atoms with Crippen LogP contribution < -0.4 is 5.32 Å². The molecule has 15 heavy (non-hydrogen) atoms. The average molecular weight is 212 g/mol. The number of hydrogen-bond donors (Lipinski definition) is 1. The van der Waals surface area contributed by atoms with E-state index in [0.29, 0.717) is 6.10 Å². The maximum atomic E-state index is 6.22. The van der Waals surface area contributed by atoms with Crippen LogP contribution in [0.2, 0.25) is 0 Å². The lowest BCUT2D eigenvalue weighted by molar-refractivity contribution is -0.166. The molecule has 2 rings (SSSR count). The fourth-order valence-electron chi connectivity index (χ4n) is 2.69. The zero-order chi connectivity index (χ0) is 10.7. The highest BCUT2D eigenvalue weighted by atomic mass is 16.5. The van der Waals surface area contributed by atoms with Gasteiger partial charge < -0.3 is 9.64 Å². The van der Waals surface area contributed by atoms with Crippen LogP contribution in [0.25, 0.3) is 0 Å². The molecule has 0 saturated carbocycles. The molecule has 2 fully saturated rings. The molecule has 2 heterocycles. The van der Waals surface area contributed by atoms with Crippen LogP contribution in [-0.4, -0.2) is 42.9 Å². The molecule has 0 aliphatic carbocycles.